The molecule has 0 saturated heterocycles. The number of carbonyl (C=O) groups is 2. The smallest absolute Gasteiger partial charge is 0.340 e. The van der Waals surface area contributed by atoms with E-state index >= 15 is 0 Å². The van der Waals surface area contributed by atoms with Crippen LogP contribution in [0.15, 0.2) is 84.9 Å². The summed E-state index contributed by atoms with van der Waals surface area (Å²) in [6.07, 6.45) is -2.51. The van der Waals surface area contributed by atoms with Crippen LogP contribution in [-0.2, 0) is 14.3 Å². The highest BCUT2D eigenvalue weighted by Crippen LogP contribution is 2.23. The van der Waals surface area contributed by atoms with E-state index in [-0.39, 0.29) is 0 Å². The first-order valence-corrected chi connectivity index (χ1v) is 9.10. The molecule has 0 aliphatic heterocycles. The molecule has 2 N–H and O–H groups in total. The fraction of sp³-hybridized carbons (Fsp3) is 0.130. The molecule has 0 spiro atoms. The Morgan fingerprint density at radius 3 is 2.00 bits per heavy atom. The van der Waals surface area contributed by atoms with Crippen molar-refractivity contribution in [3.8, 4) is 11.5 Å². The first-order valence-electron chi connectivity index (χ1n) is 9.10. The third kappa shape index (κ3) is 5.67. The minimum atomic E-state index is -1.44. The van der Waals surface area contributed by atoms with E-state index in [1.165, 1.54) is 6.92 Å². The van der Waals surface area contributed by atoms with Crippen LogP contribution in [0.4, 0.5) is 5.69 Å². The topological polar surface area (TPSA) is 84.9 Å². The maximum atomic E-state index is 12.3. The number of nitrogens with one attached hydrogen (secondary N) is 1. The second kappa shape index (κ2) is 9.52. The van der Waals surface area contributed by atoms with Gasteiger partial charge in [0.1, 0.15) is 11.5 Å². The van der Waals surface area contributed by atoms with E-state index in [0.29, 0.717) is 22.7 Å². The zero-order chi connectivity index (χ0) is 20.6. The number of benzene rings is 3. The van der Waals surface area contributed by atoms with Gasteiger partial charge in [-0.15, -0.1) is 0 Å². The molecule has 6 heteroatoms. The van der Waals surface area contributed by atoms with Crippen molar-refractivity contribution in [2.24, 2.45) is 0 Å². The molecule has 0 saturated carbocycles. The van der Waals surface area contributed by atoms with Crippen LogP contribution in [0.3, 0.4) is 0 Å². The SMILES string of the molecule is C[C@H](OC(=O)[C@H](O)c1ccccc1)C(=O)Nc1ccc(Oc2ccccc2)cc1. The Labute approximate surface area is 168 Å². The second-order valence-corrected chi connectivity index (χ2v) is 6.32. The van der Waals surface area contributed by atoms with E-state index in [2.05, 4.69) is 5.32 Å². The average Bonchev–Trinajstić information content (AvgIpc) is 2.75. The standard InChI is InChI=1S/C23H21NO5/c1-16(28-23(27)21(25)17-8-4-2-5-9-17)22(26)24-18-12-14-20(15-13-18)29-19-10-6-3-7-11-19/h2-16,21,25H,1H3,(H,24,26)/t16-,21+/m0/s1. The molecule has 0 aliphatic rings. The molecular weight excluding hydrogens is 370 g/mol. The second-order valence-electron chi connectivity index (χ2n) is 6.32. The summed E-state index contributed by atoms with van der Waals surface area (Å²) < 4.78 is 10.8. The van der Waals surface area contributed by atoms with Crippen molar-refractivity contribution in [1.82, 2.24) is 0 Å². The first-order chi connectivity index (χ1) is 14.0. The van der Waals surface area contributed by atoms with Gasteiger partial charge in [-0.3, -0.25) is 4.79 Å². The van der Waals surface area contributed by atoms with Gasteiger partial charge in [-0.05, 0) is 48.9 Å². The highest BCUT2D eigenvalue weighted by Gasteiger charge is 2.24. The Morgan fingerprint density at radius 2 is 1.38 bits per heavy atom. The molecular formula is C23H21NO5. The highest BCUT2D eigenvalue weighted by molar-refractivity contribution is 5.95. The number of hydrogen-bond donors (Lipinski definition) is 2. The van der Waals surface area contributed by atoms with Gasteiger partial charge in [-0.2, -0.15) is 0 Å². The van der Waals surface area contributed by atoms with Gasteiger partial charge < -0.3 is 19.9 Å². The summed E-state index contributed by atoms with van der Waals surface area (Å²) in [6.45, 7) is 1.44. The highest BCUT2D eigenvalue weighted by atomic mass is 16.6. The quantitative estimate of drug-likeness (QED) is 0.593. The van der Waals surface area contributed by atoms with Gasteiger partial charge in [0.25, 0.3) is 5.91 Å². The van der Waals surface area contributed by atoms with Gasteiger partial charge >= 0.3 is 5.97 Å². The van der Waals surface area contributed by atoms with E-state index < -0.39 is 24.1 Å². The van der Waals surface area contributed by atoms with Gasteiger partial charge in [0, 0.05) is 5.69 Å². The largest absolute Gasteiger partial charge is 0.457 e. The molecule has 3 aromatic rings. The Kier molecular flexibility index (Phi) is 6.60. The molecule has 2 atom stereocenters. The van der Waals surface area contributed by atoms with Crippen molar-refractivity contribution in [2.45, 2.75) is 19.1 Å². The van der Waals surface area contributed by atoms with Gasteiger partial charge in [-0.1, -0.05) is 48.5 Å². The molecule has 0 unspecified atom stereocenters. The van der Waals surface area contributed by atoms with Crippen molar-refractivity contribution in [1.29, 1.82) is 0 Å². The Balaban J connectivity index is 1.53. The van der Waals surface area contributed by atoms with E-state index in [9.17, 15) is 14.7 Å². The van der Waals surface area contributed by atoms with Crippen LogP contribution in [0.5, 0.6) is 11.5 Å². The molecule has 1 amide bonds. The number of aliphatic hydroxyl groups is 1. The molecule has 0 fully saturated rings. The monoisotopic (exact) mass is 391 g/mol. The van der Waals surface area contributed by atoms with Crippen LogP contribution < -0.4 is 10.1 Å². The lowest BCUT2D eigenvalue weighted by molar-refractivity contribution is -0.162. The first kappa shape index (κ1) is 20.1. The fourth-order valence-electron chi connectivity index (χ4n) is 2.54. The summed E-state index contributed by atoms with van der Waals surface area (Å²) in [5, 5.41) is 12.7. The number of amides is 1. The van der Waals surface area contributed by atoms with Crippen molar-refractivity contribution >= 4 is 17.6 Å². The van der Waals surface area contributed by atoms with Crippen LogP contribution in [-0.4, -0.2) is 23.1 Å². The molecule has 3 aromatic carbocycles. The van der Waals surface area contributed by atoms with Gasteiger partial charge in [0.05, 0.1) is 0 Å². The molecule has 0 radical (unpaired) electrons. The summed E-state index contributed by atoms with van der Waals surface area (Å²) in [5.41, 5.74) is 0.932. The molecule has 0 heterocycles. The van der Waals surface area contributed by atoms with Gasteiger partial charge in [-0.25, -0.2) is 4.79 Å². The average molecular weight is 391 g/mol. The van der Waals surface area contributed by atoms with Crippen molar-refractivity contribution in [3.63, 3.8) is 0 Å². The predicted octanol–water partition coefficient (Wildman–Crippen LogP) is 4.08. The fourth-order valence-corrected chi connectivity index (χ4v) is 2.54. The van der Waals surface area contributed by atoms with Crippen LogP contribution >= 0.6 is 0 Å². The van der Waals surface area contributed by atoms with Crippen molar-refractivity contribution < 1.29 is 24.2 Å². The zero-order valence-corrected chi connectivity index (χ0v) is 15.8. The maximum absolute atomic E-state index is 12.3. The van der Waals surface area contributed by atoms with Crippen LogP contribution in [0.2, 0.25) is 0 Å². The summed E-state index contributed by atoms with van der Waals surface area (Å²) >= 11 is 0. The molecule has 0 aliphatic carbocycles. The molecule has 148 valence electrons. The summed E-state index contributed by atoms with van der Waals surface area (Å²) in [6, 6.07) is 24.5. The van der Waals surface area contributed by atoms with Gasteiger partial charge in [0.15, 0.2) is 12.2 Å². The van der Waals surface area contributed by atoms with Gasteiger partial charge in [0.2, 0.25) is 0 Å². The summed E-state index contributed by atoms with van der Waals surface area (Å²) in [4.78, 5) is 24.3. The van der Waals surface area contributed by atoms with Crippen LogP contribution in [0, 0.1) is 0 Å². The van der Waals surface area contributed by atoms with E-state index in [1.807, 2.05) is 30.3 Å². The number of aliphatic hydroxyl groups excluding tert-OH is 1. The Bertz CT molecular complexity index is 942. The molecule has 6 nitrogen and oxygen atoms in total. The summed E-state index contributed by atoms with van der Waals surface area (Å²) in [7, 11) is 0. The molecule has 3 rings (SSSR count). The number of esters is 1. The van der Waals surface area contributed by atoms with E-state index in [0.717, 1.165) is 0 Å². The lowest BCUT2D eigenvalue weighted by Crippen LogP contribution is -2.31. The number of carbonyl (C=O) groups excluding carboxylic acids is 2. The van der Waals surface area contributed by atoms with E-state index in [4.69, 9.17) is 9.47 Å². The maximum Gasteiger partial charge on any atom is 0.340 e. The third-order valence-corrected chi connectivity index (χ3v) is 4.10. The minimum absolute atomic E-state index is 0.402. The lowest BCUT2D eigenvalue weighted by atomic mass is 10.1. The van der Waals surface area contributed by atoms with E-state index in [1.54, 1.807) is 54.6 Å². The minimum Gasteiger partial charge on any atom is -0.457 e. The number of rotatable bonds is 7. The van der Waals surface area contributed by atoms with Crippen LogP contribution in [0.25, 0.3) is 0 Å². The van der Waals surface area contributed by atoms with Crippen LogP contribution in [0.1, 0.15) is 18.6 Å². The number of hydrogen-bond acceptors (Lipinski definition) is 5. The number of ether oxygens (including phenoxy) is 2. The van der Waals surface area contributed by atoms with Crippen molar-refractivity contribution in [3.05, 3.63) is 90.5 Å². The lowest BCUT2D eigenvalue weighted by Gasteiger charge is -2.16. The third-order valence-electron chi connectivity index (χ3n) is 4.10. The molecule has 29 heavy (non-hydrogen) atoms. The normalized spacial score (nSPS) is 12.5. The van der Waals surface area contributed by atoms with Crippen molar-refractivity contribution in [2.75, 3.05) is 5.32 Å². The predicted molar refractivity (Wildman–Crippen MR) is 109 cm³/mol. The number of anilines is 1. The number of para-hydroxylation sites is 1. The molecule has 0 aromatic heterocycles. The summed E-state index contributed by atoms with van der Waals surface area (Å²) in [5.74, 6) is -0.0535. The Hall–Kier alpha value is -3.64. The molecule has 0 bridgehead atoms. The zero-order valence-electron chi connectivity index (χ0n) is 15.8. The Morgan fingerprint density at radius 1 is 0.828 bits per heavy atom.